The molecule has 2 unspecified atom stereocenters. The average Bonchev–Trinajstić information content (AvgIpc) is 2.46. The lowest BCUT2D eigenvalue weighted by atomic mass is 9.89. The predicted molar refractivity (Wildman–Crippen MR) is 79.6 cm³/mol. The molecule has 2 rings (SSSR count). The van der Waals surface area contributed by atoms with Crippen molar-refractivity contribution in [1.82, 2.24) is 9.97 Å². The van der Waals surface area contributed by atoms with Crippen molar-refractivity contribution in [2.45, 2.75) is 52.2 Å². The van der Waals surface area contributed by atoms with E-state index in [1.807, 2.05) is 18.7 Å². The third kappa shape index (κ3) is 3.83. The quantitative estimate of drug-likeness (QED) is 0.898. The van der Waals surface area contributed by atoms with Crippen molar-refractivity contribution in [2.75, 3.05) is 11.4 Å². The van der Waals surface area contributed by atoms with Crippen LogP contribution in [0.25, 0.3) is 0 Å². The Morgan fingerprint density at radius 2 is 2.29 bits per heavy atom. The third-order valence-corrected chi connectivity index (χ3v) is 3.82. The van der Waals surface area contributed by atoms with E-state index in [4.69, 9.17) is 4.74 Å². The number of piperidine rings is 1. The lowest BCUT2D eigenvalue weighted by Crippen LogP contribution is -2.47. The van der Waals surface area contributed by atoms with Gasteiger partial charge in [-0.1, -0.05) is 13.3 Å². The van der Waals surface area contributed by atoms with Crippen LogP contribution in [0.15, 0.2) is 12.4 Å². The Morgan fingerprint density at radius 3 is 2.90 bits per heavy atom. The van der Waals surface area contributed by atoms with Crippen molar-refractivity contribution >= 4 is 11.8 Å². The van der Waals surface area contributed by atoms with Crippen molar-refractivity contribution in [3.63, 3.8) is 0 Å². The Morgan fingerprint density at radius 1 is 1.52 bits per heavy atom. The number of rotatable bonds is 5. The molecule has 1 aliphatic heterocycles. The van der Waals surface area contributed by atoms with Crippen LogP contribution in [0.1, 0.15) is 40.0 Å². The van der Waals surface area contributed by atoms with Gasteiger partial charge in [-0.3, -0.25) is 4.98 Å². The van der Waals surface area contributed by atoms with Gasteiger partial charge < -0.3 is 14.7 Å². The van der Waals surface area contributed by atoms with E-state index in [9.17, 15) is 9.90 Å². The summed E-state index contributed by atoms with van der Waals surface area (Å²) < 4.78 is 5.54. The van der Waals surface area contributed by atoms with Gasteiger partial charge in [0.1, 0.15) is 6.04 Å². The maximum absolute atomic E-state index is 11.5. The number of carboxylic acids is 1. The van der Waals surface area contributed by atoms with Crippen LogP contribution < -0.4 is 9.64 Å². The monoisotopic (exact) mass is 293 g/mol. The van der Waals surface area contributed by atoms with Crippen molar-refractivity contribution in [2.24, 2.45) is 5.92 Å². The Hall–Kier alpha value is -1.85. The fourth-order valence-electron chi connectivity index (χ4n) is 2.69. The number of hydrogen-bond acceptors (Lipinski definition) is 5. The van der Waals surface area contributed by atoms with Gasteiger partial charge in [-0.15, -0.1) is 0 Å². The van der Waals surface area contributed by atoms with E-state index in [1.165, 1.54) is 0 Å². The Balaban J connectivity index is 2.20. The van der Waals surface area contributed by atoms with E-state index in [0.29, 0.717) is 30.6 Å². The molecule has 2 heterocycles. The van der Waals surface area contributed by atoms with Gasteiger partial charge in [-0.05, 0) is 32.6 Å². The highest BCUT2D eigenvalue weighted by Gasteiger charge is 2.33. The summed E-state index contributed by atoms with van der Waals surface area (Å²) in [7, 11) is 0. The number of ether oxygens (including phenoxy) is 1. The molecule has 1 saturated heterocycles. The standard InChI is InChI=1S/C15H23N3O3/c1-4-11-5-6-18(12(7-11)15(19)20)13-8-16-9-14(17-13)21-10(2)3/h8-12H,4-7H2,1-3H3,(H,19,20). The van der Waals surface area contributed by atoms with Crippen LogP contribution in [0.5, 0.6) is 5.88 Å². The van der Waals surface area contributed by atoms with Gasteiger partial charge >= 0.3 is 5.97 Å². The number of carbonyl (C=O) groups is 1. The molecule has 21 heavy (non-hydrogen) atoms. The first-order valence-corrected chi connectivity index (χ1v) is 7.49. The molecule has 1 N–H and O–H groups in total. The van der Waals surface area contributed by atoms with E-state index in [2.05, 4.69) is 16.9 Å². The summed E-state index contributed by atoms with van der Waals surface area (Å²) in [6.07, 6.45) is 5.82. The Bertz CT molecular complexity index is 493. The molecule has 2 atom stereocenters. The van der Waals surface area contributed by atoms with Gasteiger partial charge in [0.05, 0.1) is 18.5 Å². The molecule has 0 aliphatic carbocycles. The zero-order valence-electron chi connectivity index (χ0n) is 12.8. The zero-order chi connectivity index (χ0) is 15.4. The lowest BCUT2D eigenvalue weighted by molar-refractivity contribution is -0.139. The lowest BCUT2D eigenvalue weighted by Gasteiger charge is -2.37. The second-order valence-corrected chi connectivity index (χ2v) is 5.73. The van der Waals surface area contributed by atoms with Crippen LogP contribution in [0.3, 0.4) is 0 Å². The van der Waals surface area contributed by atoms with Crippen molar-refractivity contribution in [3.05, 3.63) is 12.4 Å². The van der Waals surface area contributed by atoms with Gasteiger partial charge in [0, 0.05) is 6.54 Å². The Labute approximate surface area is 125 Å². The molecular formula is C15H23N3O3. The number of nitrogens with zero attached hydrogens (tertiary/aromatic N) is 3. The molecule has 0 radical (unpaired) electrons. The SMILES string of the molecule is CCC1CCN(c2cncc(OC(C)C)n2)C(C(=O)O)C1. The van der Waals surface area contributed by atoms with Crippen LogP contribution in [0, 0.1) is 5.92 Å². The molecule has 0 aromatic carbocycles. The molecule has 1 aromatic rings. The minimum Gasteiger partial charge on any atom is -0.480 e. The van der Waals surface area contributed by atoms with E-state index < -0.39 is 12.0 Å². The second kappa shape index (κ2) is 6.74. The number of anilines is 1. The fraction of sp³-hybridized carbons (Fsp3) is 0.667. The first kappa shape index (κ1) is 15.5. The summed E-state index contributed by atoms with van der Waals surface area (Å²) in [5, 5.41) is 9.48. The third-order valence-electron chi connectivity index (χ3n) is 3.82. The molecule has 1 aliphatic rings. The van der Waals surface area contributed by atoms with Gasteiger partial charge in [0.25, 0.3) is 0 Å². The predicted octanol–water partition coefficient (Wildman–Crippen LogP) is 2.34. The molecule has 0 amide bonds. The van der Waals surface area contributed by atoms with Crippen LogP contribution >= 0.6 is 0 Å². The highest BCUT2D eigenvalue weighted by molar-refractivity contribution is 5.78. The van der Waals surface area contributed by atoms with E-state index in [-0.39, 0.29) is 6.10 Å². The normalized spacial score (nSPS) is 22.4. The minimum atomic E-state index is -0.801. The highest BCUT2D eigenvalue weighted by atomic mass is 16.5. The summed E-state index contributed by atoms with van der Waals surface area (Å²) in [5.74, 6) is 0.676. The average molecular weight is 293 g/mol. The van der Waals surface area contributed by atoms with Gasteiger partial charge in [0.2, 0.25) is 5.88 Å². The molecule has 1 fully saturated rings. The summed E-state index contributed by atoms with van der Waals surface area (Å²) in [5.41, 5.74) is 0. The number of aliphatic carboxylic acids is 1. The Kier molecular flexibility index (Phi) is 4.98. The molecule has 0 bridgehead atoms. The van der Waals surface area contributed by atoms with Crippen LogP contribution in [0.4, 0.5) is 5.82 Å². The minimum absolute atomic E-state index is 0.00986. The topological polar surface area (TPSA) is 75.5 Å². The van der Waals surface area contributed by atoms with E-state index in [1.54, 1.807) is 12.4 Å². The highest BCUT2D eigenvalue weighted by Crippen LogP contribution is 2.29. The summed E-state index contributed by atoms with van der Waals surface area (Å²) in [4.78, 5) is 21.9. The second-order valence-electron chi connectivity index (χ2n) is 5.73. The van der Waals surface area contributed by atoms with E-state index in [0.717, 1.165) is 12.8 Å². The first-order valence-electron chi connectivity index (χ1n) is 7.49. The van der Waals surface area contributed by atoms with Crippen LogP contribution in [-0.4, -0.2) is 39.7 Å². The summed E-state index contributed by atoms with van der Waals surface area (Å²) in [6.45, 7) is 6.63. The van der Waals surface area contributed by atoms with Crippen molar-refractivity contribution in [1.29, 1.82) is 0 Å². The molecule has 0 saturated carbocycles. The van der Waals surface area contributed by atoms with E-state index >= 15 is 0 Å². The number of aromatic nitrogens is 2. The molecule has 116 valence electrons. The van der Waals surface area contributed by atoms with Gasteiger partial charge in [-0.2, -0.15) is 4.98 Å². The summed E-state index contributed by atoms with van der Waals surface area (Å²) in [6, 6.07) is -0.535. The van der Waals surface area contributed by atoms with Crippen molar-refractivity contribution in [3.8, 4) is 5.88 Å². The maximum atomic E-state index is 11.5. The number of carboxylic acid groups (broad SMARTS) is 1. The fourth-order valence-corrected chi connectivity index (χ4v) is 2.69. The molecule has 6 nitrogen and oxygen atoms in total. The first-order chi connectivity index (χ1) is 10.0. The zero-order valence-corrected chi connectivity index (χ0v) is 12.8. The number of hydrogen-bond donors (Lipinski definition) is 1. The van der Waals surface area contributed by atoms with Crippen LogP contribution in [-0.2, 0) is 4.79 Å². The molecule has 6 heteroatoms. The van der Waals surface area contributed by atoms with Crippen molar-refractivity contribution < 1.29 is 14.6 Å². The maximum Gasteiger partial charge on any atom is 0.326 e. The molecule has 1 aromatic heterocycles. The van der Waals surface area contributed by atoms with Crippen LogP contribution in [0.2, 0.25) is 0 Å². The van der Waals surface area contributed by atoms with Gasteiger partial charge in [-0.25, -0.2) is 4.79 Å². The molecular weight excluding hydrogens is 270 g/mol. The smallest absolute Gasteiger partial charge is 0.326 e. The van der Waals surface area contributed by atoms with Gasteiger partial charge in [0.15, 0.2) is 5.82 Å². The largest absolute Gasteiger partial charge is 0.480 e. The summed E-state index contributed by atoms with van der Waals surface area (Å²) >= 11 is 0. The molecule has 0 spiro atoms.